The van der Waals surface area contributed by atoms with Gasteiger partial charge in [-0.15, -0.1) is 16.8 Å². The van der Waals surface area contributed by atoms with E-state index in [4.69, 9.17) is 9.15 Å². The molecule has 0 bridgehead atoms. The summed E-state index contributed by atoms with van der Waals surface area (Å²) in [5, 5.41) is 16.0. The Balaban J connectivity index is 1.27. The topological polar surface area (TPSA) is 107 Å². The Morgan fingerprint density at radius 1 is 1.18 bits per heavy atom. The zero-order chi connectivity index (χ0) is 26.7. The molecule has 0 aliphatic heterocycles. The lowest BCUT2D eigenvalue weighted by Gasteiger charge is -2.12. The van der Waals surface area contributed by atoms with E-state index in [-0.39, 0.29) is 18.3 Å². The number of hydrogen-bond acceptors (Lipinski definition) is 8. The number of amides is 1. The van der Waals surface area contributed by atoms with E-state index in [0.29, 0.717) is 35.5 Å². The zero-order valence-corrected chi connectivity index (χ0v) is 21.5. The van der Waals surface area contributed by atoms with E-state index in [9.17, 15) is 9.18 Å². The summed E-state index contributed by atoms with van der Waals surface area (Å²) in [7, 11) is 0. The molecule has 196 valence electrons. The van der Waals surface area contributed by atoms with Gasteiger partial charge in [-0.2, -0.15) is 5.10 Å². The molecule has 9 nitrogen and oxygen atoms in total. The predicted octanol–water partition coefficient (Wildman–Crippen LogP) is 5.02. The van der Waals surface area contributed by atoms with Crippen LogP contribution in [-0.4, -0.2) is 32.1 Å². The van der Waals surface area contributed by atoms with Crippen LogP contribution in [0.25, 0.3) is 0 Å². The summed E-state index contributed by atoms with van der Waals surface area (Å²) in [5.74, 6) is 1.65. The second-order valence-corrected chi connectivity index (χ2v) is 9.37. The number of hydrogen-bond donors (Lipinski definition) is 2. The van der Waals surface area contributed by atoms with Gasteiger partial charge in [0.2, 0.25) is 0 Å². The van der Waals surface area contributed by atoms with Gasteiger partial charge in [-0.25, -0.2) is 9.82 Å². The van der Waals surface area contributed by atoms with Gasteiger partial charge in [0.1, 0.15) is 29.7 Å². The van der Waals surface area contributed by atoms with Crippen LogP contribution in [-0.2, 0) is 24.5 Å². The summed E-state index contributed by atoms with van der Waals surface area (Å²) >= 11 is 1.28. The van der Waals surface area contributed by atoms with Gasteiger partial charge in [-0.1, -0.05) is 36.0 Å². The van der Waals surface area contributed by atoms with E-state index in [0.717, 1.165) is 11.5 Å². The Morgan fingerprint density at radius 3 is 2.74 bits per heavy atom. The highest BCUT2D eigenvalue weighted by Gasteiger charge is 2.19. The van der Waals surface area contributed by atoms with Crippen molar-refractivity contribution in [2.75, 3.05) is 5.32 Å². The molecule has 0 unspecified atom stereocenters. The first kappa shape index (κ1) is 26.7. The number of hydrazone groups is 1. The lowest BCUT2D eigenvalue weighted by atomic mass is 10.3. The molecule has 1 amide bonds. The van der Waals surface area contributed by atoms with Gasteiger partial charge in [0.15, 0.2) is 11.0 Å². The zero-order valence-electron chi connectivity index (χ0n) is 20.7. The molecule has 4 rings (SSSR count). The number of halogens is 1. The van der Waals surface area contributed by atoms with Crippen molar-refractivity contribution in [1.82, 2.24) is 20.2 Å². The molecule has 2 aromatic heterocycles. The van der Waals surface area contributed by atoms with Gasteiger partial charge in [0.25, 0.3) is 5.91 Å². The van der Waals surface area contributed by atoms with Crippen molar-refractivity contribution in [3.05, 3.63) is 103 Å². The first-order valence-corrected chi connectivity index (χ1v) is 12.7. The van der Waals surface area contributed by atoms with Crippen LogP contribution in [0.5, 0.6) is 5.75 Å². The number of carbonyl (C=O) groups is 1. The number of furan rings is 1. The predicted molar refractivity (Wildman–Crippen MR) is 144 cm³/mol. The summed E-state index contributed by atoms with van der Waals surface area (Å²) in [5.41, 5.74) is 3.50. The van der Waals surface area contributed by atoms with Crippen molar-refractivity contribution in [3.63, 3.8) is 0 Å². The summed E-state index contributed by atoms with van der Waals surface area (Å²) in [6.45, 7) is 6.75. The number of carbonyl (C=O) groups excluding carboxylic acids is 1. The molecule has 0 fully saturated rings. The van der Waals surface area contributed by atoms with Crippen molar-refractivity contribution >= 4 is 29.6 Å². The number of anilines is 1. The largest absolute Gasteiger partial charge is 0.486 e. The van der Waals surface area contributed by atoms with Crippen LogP contribution in [0.2, 0.25) is 0 Å². The number of allylic oxidation sites excluding steroid dienone is 1. The second-order valence-electron chi connectivity index (χ2n) is 8.06. The summed E-state index contributed by atoms with van der Waals surface area (Å²) in [4.78, 5) is 12.6. The molecule has 2 heterocycles. The quantitative estimate of drug-likeness (QED) is 0.107. The molecule has 0 saturated heterocycles. The number of benzene rings is 2. The molecule has 0 aliphatic rings. The van der Waals surface area contributed by atoms with Crippen molar-refractivity contribution in [3.8, 4) is 5.75 Å². The van der Waals surface area contributed by atoms with Crippen molar-refractivity contribution in [2.45, 2.75) is 37.0 Å². The molecular weight excluding hydrogens is 507 g/mol. The van der Waals surface area contributed by atoms with Crippen molar-refractivity contribution < 1.29 is 18.3 Å². The van der Waals surface area contributed by atoms with Crippen LogP contribution < -0.4 is 15.5 Å². The molecule has 4 aromatic rings. The first-order valence-electron chi connectivity index (χ1n) is 11.8. The van der Waals surface area contributed by atoms with Crippen LogP contribution in [0, 0.1) is 5.82 Å². The number of para-hydroxylation sites is 1. The fourth-order valence-corrected chi connectivity index (χ4v) is 4.15. The van der Waals surface area contributed by atoms with Crippen LogP contribution in [0.3, 0.4) is 0 Å². The van der Waals surface area contributed by atoms with E-state index in [1.165, 1.54) is 42.2 Å². The second kappa shape index (κ2) is 13.2. The average Bonchev–Trinajstić information content (AvgIpc) is 3.54. The molecule has 0 saturated carbocycles. The third-order valence-corrected chi connectivity index (χ3v) is 6.31. The third-order valence-electron chi connectivity index (χ3n) is 5.22. The van der Waals surface area contributed by atoms with Crippen LogP contribution >= 0.6 is 11.8 Å². The number of thioether (sulfide) groups is 1. The van der Waals surface area contributed by atoms with Crippen molar-refractivity contribution in [1.29, 1.82) is 0 Å². The van der Waals surface area contributed by atoms with Gasteiger partial charge in [-0.05, 0) is 55.5 Å². The molecule has 1 atom stereocenters. The lowest BCUT2D eigenvalue weighted by molar-refractivity contribution is -0.120. The number of ether oxygens (including phenoxy) is 1. The SMILES string of the molecule is C=CCn1c(CNc2ccccc2)nnc1S[C@@H](C)C(=O)N/N=C\c1ccc(COc2ccc(F)cc2)o1. The number of aromatic nitrogens is 3. The molecule has 38 heavy (non-hydrogen) atoms. The minimum absolute atomic E-state index is 0.174. The Kier molecular flexibility index (Phi) is 9.30. The van der Waals surface area contributed by atoms with Gasteiger partial charge >= 0.3 is 0 Å². The molecular formula is C27H27FN6O3S. The first-order chi connectivity index (χ1) is 18.5. The Hall–Kier alpha value is -4.38. The van der Waals surface area contributed by atoms with E-state index in [2.05, 4.69) is 32.6 Å². The number of rotatable bonds is 13. The maximum atomic E-state index is 13.0. The van der Waals surface area contributed by atoms with E-state index >= 15 is 0 Å². The third kappa shape index (κ3) is 7.56. The molecule has 11 heteroatoms. The summed E-state index contributed by atoms with van der Waals surface area (Å²) < 4.78 is 26.1. The van der Waals surface area contributed by atoms with E-state index in [1.54, 1.807) is 25.1 Å². The van der Waals surface area contributed by atoms with Gasteiger partial charge in [0, 0.05) is 12.2 Å². The normalized spacial score (nSPS) is 11.8. The standard InChI is InChI=1S/C27H27FN6O3S/c1-3-15-34-25(17-29-21-7-5-4-6-8-21)31-33-27(34)38-19(2)26(35)32-30-16-23-13-14-24(37-23)18-36-22-11-9-20(28)10-12-22/h3-14,16,19,29H,1,15,17-18H2,2H3,(H,32,35)/b30-16-/t19-/m0/s1. The molecule has 0 radical (unpaired) electrons. The molecule has 2 aromatic carbocycles. The fourth-order valence-electron chi connectivity index (χ4n) is 3.28. The van der Waals surface area contributed by atoms with E-state index in [1.807, 2.05) is 34.9 Å². The maximum absolute atomic E-state index is 13.0. The molecule has 0 aliphatic carbocycles. The maximum Gasteiger partial charge on any atom is 0.253 e. The highest BCUT2D eigenvalue weighted by Crippen LogP contribution is 2.23. The van der Waals surface area contributed by atoms with Crippen LogP contribution in [0.4, 0.5) is 10.1 Å². The van der Waals surface area contributed by atoms with Gasteiger partial charge < -0.3 is 19.0 Å². The van der Waals surface area contributed by atoms with Gasteiger partial charge in [-0.3, -0.25) is 4.79 Å². The highest BCUT2D eigenvalue weighted by atomic mass is 32.2. The highest BCUT2D eigenvalue weighted by molar-refractivity contribution is 8.00. The van der Waals surface area contributed by atoms with E-state index < -0.39 is 5.25 Å². The fraction of sp³-hybridized carbons (Fsp3) is 0.185. The minimum atomic E-state index is -0.480. The summed E-state index contributed by atoms with van der Waals surface area (Å²) in [6.07, 6.45) is 3.17. The average molecular weight is 535 g/mol. The monoisotopic (exact) mass is 534 g/mol. The number of nitrogens with zero attached hydrogens (tertiary/aromatic N) is 4. The summed E-state index contributed by atoms with van der Waals surface area (Å²) in [6, 6.07) is 19.0. The Morgan fingerprint density at radius 2 is 1.97 bits per heavy atom. The smallest absolute Gasteiger partial charge is 0.253 e. The minimum Gasteiger partial charge on any atom is -0.486 e. The van der Waals surface area contributed by atoms with Crippen LogP contribution in [0.15, 0.2) is 94.1 Å². The van der Waals surface area contributed by atoms with Crippen LogP contribution in [0.1, 0.15) is 24.3 Å². The molecule has 0 spiro atoms. The molecule has 2 N–H and O–H groups in total. The lowest BCUT2D eigenvalue weighted by Crippen LogP contribution is -2.27. The Labute approximate surface area is 223 Å². The number of nitrogens with one attached hydrogen (secondary N) is 2. The Bertz CT molecular complexity index is 1370. The van der Waals surface area contributed by atoms with Gasteiger partial charge in [0.05, 0.1) is 18.0 Å². The van der Waals surface area contributed by atoms with Crippen molar-refractivity contribution in [2.24, 2.45) is 5.10 Å².